The second kappa shape index (κ2) is 7.16. The van der Waals surface area contributed by atoms with Gasteiger partial charge in [0.1, 0.15) is 6.07 Å². The molecule has 0 amide bonds. The Kier molecular flexibility index (Phi) is 5.26. The highest BCUT2D eigenvalue weighted by atomic mass is 32.2. The van der Waals surface area contributed by atoms with Gasteiger partial charge >= 0.3 is 0 Å². The van der Waals surface area contributed by atoms with Crippen LogP contribution in [0.5, 0.6) is 0 Å². The van der Waals surface area contributed by atoms with Gasteiger partial charge in [-0.1, -0.05) is 24.8 Å². The molecule has 0 saturated carbocycles. The molecule has 0 unspecified atom stereocenters. The smallest absolute Gasteiger partial charge is 0.258 e. The van der Waals surface area contributed by atoms with E-state index in [0.717, 1.165) is 20.4 Å². The highest BCUT2D eigenvalue weighted by Gasteiger charge is 2.10. The number of thioether (sulfide) groups is 1. The predicted octanol–water partition coefficient (Wildman–Crippen LogP) is 4.73. The highest BCUT2D eigenvalue weighted by Crippen LogP contribution is 2.35. The quantitative estimate of drug-likeness (QED) is 0.453. The van der Waals surface area contributed by atoms with Crippen LogP contribution in [-0.4, -0.2) is 10.7 Å². The fourth-order valence-corrected chi connectivity index (χ4v) is 3.53. The van der Waals surface area contributed by atoms with E-state index in [1.807, 2.05) is 25.1 Å². The minimum atomic E-state index is -0.423. The van der Waals surface area contributed by atoms with Gasteiger partial charge in [-0.15, -0.1) is 11.8 Å². The number of non-ortho nitro benzene ring substituents is 1. The first-order chi connectivity index (χ1) is 10.2. The first kappa shape index (κ1) is 15.4. The molecule has 0 aliphatic rings. The van der Waals surface area contributed by atoms with E-state index < -0.39 is 4.92 Å². The molecule has 6 heteroatoms. The van der Waals surface area contributed by atoms with Crippen LogP contribution in [0, 0.1) is 21.4 Å². The van der Waals surface area contributed by atoms with E-state index in [0.29, 0.717) is 5.56 Å². The summed E-state index contributed by atoms with van der Waals surface area (Å²) >= 11 is 3.07. The van der Waals surface area contributed by atoms with Crippen molar-refractivity contribution in [2.45, 2.75) is 21.6 Å². The molecule has 0 bridgehead atoms. The third kappa shape index (κ3) is 3.78. The largest absolute Gasteiger partial charge is 0.269 e. The number of nitriles is 1. The normalized spacial score (nSPS) is 10.1. The van der Waals surface area contributed by atoms with Crippen molar-refractivity contribution in [1.82, 2.24) is 0 Å². The second-order valence-corrected chi connectivity index (χ2v) is 6.45. The number of benzene rings is 2. The minimum absolute atomic E-state index is 0.0649. The van der Waals surface area contributed by atoms with E-state index in [2.05, 4.69) is 6.07 Å². The van der Waals surface area contributed by atoms with Gasteiger partial charge in [-0.2, -0.15) is 5.26 Å². The molecule has 0 atom stereocenters. The molecule has 0 aliphatic heterocycles. The Bertz CT molecular complexity index is 694. The SMILES string of the molecule is CCSc1cccc(Sc2ccc([N+](=O)[O-])cc2)c1C#N. The molecule has 0 fully saturated rings. The number of nitro benzene ring substituents is 1. The third-order valence-electron chi connectivity index (χ3n) is 2.67. The molecule has 21 heavy (non-hydrogen) atoms. The van der Waals surface area contributed by atoms with Gasteiger partial charge in [0.2, 0.25) is 0 Å². The molecule has 0 saturated heterocycles. The van der Waals surface area contributed by atoms with Crippen molar-refractivity contribution < 1.29 is 4.92 Å². The van der Waals surface area contributed by atoms with Gasteiger partial charge in [0.25, 0.3) is 5.69 Å². The molecule has 4 nitrogen and oxygen atoms in total. The lowest BCUT2D eigenvalue weighted by atomic mass is 10.2. The number of hydrogen-bond acceptors (Lipinski definition) is 5. The van der Waals surface area contributed by atoms with E-state index in [9.17, 15) is 15.4 Å². The van der Waals surface area contributed by atoms with Gasteiger partial charge in [-0.05, 0) is 30.0 Å². The van der Waals surface area contributed by atoms with Gasteiger partial charge in [-0.25, -0.2) is 0 Å². The number of nitro groups is 1. The standard InChI is InChI=1S/C15H12N2O2S2/c1-2-20-14-4-3-5-15(13(14)10-16)21-12-8-6-11(7-9-12)17(18)19/h3-9H,2H2,1H3. The summed E-state index contributed by atoms with van der Waals surface area (Å²) in [5.74, 6) is 0.903. The van der Waals surface area contributed by atoms with E-state index in [4.69, 9.17) is 0 Å². The average molecular weight is 316 g/mol. The maximum atomic E-state index is 10.6. The van der Waals surface area contributed by atoms with Gasteiger partial charge in [0.05, 0.1) is 10.5 Å². The van der Waals surface area contributed by atoms with E-state index in [1.54, 1.807) is 23.9 Å². The molecule has 0 heterocycles. The topological polar surface area (TPSA) is 66.9 Å². The van der Waals surface area contributed by atoms with Crippen molar-refractivity contribution in [3.8, 4) is 6.07 Å². The van der Waals surface area contributed by atoms with Gasteiger partial charge < -0.3 is 0 Å². The Hall–Kier alpha value is -1.97. The van der Waals surface area contributed by atoms with E-state index >= 15 is 0 Å². The molecule has 2 aromatic carbocycles. The number of nitrogens with zero attached hydrogens (tertiary/aromatic N) is 2. The second-order valence-electron chi connectivity index (χ2n) is 4.03. The van der Waals surface area contributed by atoms with Crippen molar-refractivity contribution in [1.29, 1.82) is 5.26 Å². The zero-order valence-electron chi connectivity index (χ0n) is 11.3. The molecule has 2 aromatic rings. The maximum Gasteiger partial charge on any atom is 0.269 e. The molecule has 0 N–H and O–H groups in total. The Labute approximate surface area is 131 Å². The molecule has 0 spiro atoms. The summed E-state index contributed by atoms with van der Waals surface area (Å²) in [6.45, 7) is 2.04. The Morgan fingerprint density at radius 1 is 1.19 bits per heavy atom. The first-order valence-corrected chi connectivity index (χ1v) is 8.04. The van der Waals surface area contributed by atoms with Crippen LogP contribution in [0.2, 0.25) is 0 Å². The lowest BCUT2D eigenvalue weighted by molar-refractivity contribution is -0.384. The lowest BCUT2D eigenvalue weighted by Gasteiger charge is -2.08. The Balaban J connectivity index is 2.29. The van der Waals surface area contributed by atoms with Crippen LogP contribution in [0.15, 0.2) is 57.2 Å². The van der Waals surface area contributed by atoms with Crippen molar-refractivity contribution >= 4 is 29.2 Å². The molecule has 106 valence electrons. The summed E-state index contributed by atoms with van der Waals surface area (Å²) in [4.78, 5) is 12.9. The van der Waals surface area contributed by atoms with Crippen molar-refractivity contribution in [3.05, 3.63) is 58.1 Å². The van der Waals surface area contributed by atoms with Crippen molar-refractivity contribution in [3.63, 3.8) is 0 Å². The maximum absolute atomic E-state index is 10.6. The van der Waals surface area contributed by atoms with Crippen LogP contribution < -0.4 is 0 Å². The van der Waals surface area contributed by atoms with Crippen LogP contribution in [0.4, 0.5) is 5.69 Å². The predicted molar refractivity (Wildman–Crippen MR) is 84.8 cm³/mol. The van der Waals surface area contributed by atoms with Crippen molar-refractivity contribution in [2.75, 3.05) is 5.75 Å². The fraction of sp³-hybridized carbons (Fsp3) is 0.133. The summed E-state index contributed by atoms with van der Waals surface area (Å²) in [6, 6.07) is 14.3. The van der Waals surface area contributed by atoms with Crippen LogP contribution in [0.3, 0.4) is 0 Å². The van der Waals surface area contributed by atoms with Crippen LogP contribution in [0.1, 0.15) is 12.5 Å². The number of rotatable bonds is 5. The molecule has 0 aromatic heterocycles. The summed E-state index contributed by atoms with van der Waals surface area (Å²) in [5.41, 5.74) is 0.725. The summed E-state index contributed by atoms with van der Waals surface area (Å²) < 4.78 is 0. The number of hydrogen-bond donors (Lipinski definition) is 0. The van der Waals surface area contributed by atoms with Gasteiger partial charge in [-0.3, -0.25) is 10.1 Å². The van der Waals surface area contributed by atoms with Crippen molar-refractivity contribution in [2.24, 2.45) is 0 Å². The monoisotopic (exact) mass is 316 g/mol. The van der Waals surface area contributed by atoms with E-state index in [1.165, 1.54) is 23.9 Å². The minimum Gasteiger partial charge on any atom is -0.258 e. The van der Waals surface area contributed by atoms with E-state index in [-0.39, 0.29) is 5.69 Å². The summed E-state index contributed by atoms with van der Waals surface area (Å²) in [7, 11) is 0. The summed E-state index contributed by atoms with van der Waals surface area (Å²) in [5, 5.41) is 20.0. The Morgan fingerprint density at radius 3 is 2.43 bits per heavy atom. The van der Waals surface area contributed by atoms with Gasteiger partial charge in [0, 0.05) is 26.8 Å². The molecular weight excluding hydrogens is 304 g/mol. The zero-order valence-corrected chi connectivity index (χ0v) is 12.9. The Morgan fingerprint density at radius 2 is 1.86 bits per heavy atom. The van der Waals surface area contributed by atoms with Gasteiger partial charge in [0.15, 0.2) is 0 Å². The molecule has 0 radical (unpaired) electrons. The third-order valence-corrected chi connectivity index (χ3v) is 4.68. The van der Waals surface area contributed by atoms with Crippen LogP contribution in [0.25, 0.3) is 0 Å². The zero-order chi connectivity index (χ0) is 15.2. The fourth-order valence-electron chi connectivity index (χ4n) is 1.74. The van der Waals surface area contributed by atoms with Crippen LogP contribution in [-0.2, 0) is 0 Å². The van der Waals surface area contributed by atoms with Crippen LogP contribution >= 0.6 is 23.5 Å². The first-order valence-electron chi connectivity index (χ1n) is 6.24. The highest BCUT2D eigenvalue weighted by molar-refractivity contribution is 8.00. The average Bonchev–Trinajstić information content (AvgIpc) is 2.48. The molecular formula is C15H12N2O2S2. The molecule has 0 aliphatic carbocycles. The summed E-state index contributed by atoms with van der Waals surface area (Å²) in [6.07, 6.45) is 0. The lowest BCUT2D eigenvalue weighted by Crippen LogP contribution is -1.88. The molecule has 2 rings (SSSR count).